The fraction of sp³-hybridized carbons (Fsp3) is 1.00. The van der Waals surface area contributed by atoms with E-state index in [1.807, 2.05) is 0 Å². The van der Waals surface area contributed by atoms with E-state index >= 15 is 0 Å². The summed E-state index contributed by atoms with van der Waals surface area (Å²) >= 11 is 0. The standard InChI is InChI=1S/C15H29NO/c1-4-10-16-14-13(7-9-15(14,2)3)17-11-8-12-5-6-12/h12-14,16H,4-11H2,1-3H3. The summed E-state index contributed by atoms with van der Waals surface area (Å²) in [5, 5.41) is 3.70. The Morgan fingerprint density at radius 1 is 1.24 bits per heavy atom. The molecule has 0 aromatic heterocycles. The van der Waals surface area contributed by atoms with Crippen molar-refractivity contribution in [3.05, 3.63) is 0 Å². The Morgan fingerprint density at radius 3 is 2.65 bits per heavy atom. The van der Waals surface area contributed by atoms with Gasteiger partial charge >= 0.3 is 0 Å². The molecule has 0 aromatic rings. The highest BCUT2D eigenvalue weighted by Gasteiger charge is 2.42. The molecular formula is C15H29NO. The minimum Gasteiger partial charge on any atom is -0.377 e. The Balaban J connectivity index is 1.77. The van der Waals surface area contributed by atoms with Crippen molar-refractivity contribution in [2.45, 2.75) is 71.4 Å². The Labute approximate surface area is 107 Å². The van der Waals surface area contributed by atoms with Gasteiger partial charge in [-0.2, -0.15) is 0 Å². The summed E-state index contributed by atoms with van der Waals surface area (Å²) in [6, 6.07) is 0.557. The van der Waals surface area contributed by atoms with Gasteiger partial charge in [0.25, 0.3) is 0 Å². The van der Waals surface area contributed by atoms with E-state index in [0.717, 1.165) is 19.1 Å². The van der Waals surface area contributed by atoms with Gasteiger partial charge in [-0.25, -0.2) is 0 Å². The second-order valence-electron chi connectivity index (χ2n) is 6.60. The van der Waals surface area contributed by atoms with Crippen molar-refractivity contribution in [3.63, 3.8) is 0 Å². The van der Waals surface area contributed by atoms with Crippen molar-refractivity contribution in [2.75, 3.05) is 13.2 Å². The fourth-order valence-electron chi connectivity index (χ4n) is 3.02. The van der Waals surface area contributed by atoms with Crippen molar-refractivity contribution in [1.29, 1.82) is 0 Å². The molecule has 2 heteroatoms. The lowest BCUT2D eigenvalue weighted by Crippen LogP contribution is -2.45. The molecule has 0 aliphatic heterocycles. The molecule has 2 nitrogen and oxygen atoms in total. The summed E-state index contributed by atoms with van der Waals surface area (Å²) in [4.78, 5) is 0. The zero-order valence-corrected chi connectivity index (χ0v) is 11.8. The van der Waals surface area contributed by atoms with E-state index < -0.39 is 0 Å². The van der Waals surface area contributed by atoms with Crippen LogP contribution in [-0.4, -0.2) is 25.3 Å². The molecule has 0 aromatic carbocycles. The molecule has 0 amide bonds. The summed E-state index contributed by atoms with van der Waals surface area (Å²) < 4.78 is 6.14. The van der Waals surface area contributed by atoms with Crippen LogP contribution in [0.2, 0.25) is 0 Å². The molecule has 2 fully saturated rings. The van der Waals surface area contributed by atoms with Crippen molar-refractivity contribution in [3.8, 4) is 0 Å². The smallest absolute Gasteiger partial charge is 0.0733 e. The van der Waals surface area contributed by atoms with Crippen LogP contribution >= 0.6 is 0 Å². The fourth-order valence-corrected chi connectivity index (χ4v) is 3.02. The lowest BCUT2D eigenvalue weighted by Gasteiger charge is -2.31. The van der Waals surface area contributed by atoms with Crippen LogP contribution in [0.4, 0.5) is 0 Å². The molecule has 2 saturated carbocycles. The first-order valence-electron chi connectivity index (χ1n) is 7.48. The van der Waals surface area contributed by atoms with E-state index in [0.29, 0.717) is 17.6 Å². The van der Waals surface area contributed by atoms with E-state index in [9.17, 15) is 0 Å². The summed E-state index contributed by atoms with van der Waals surface area (Å²) in [5.74, 6) is 0.992. The molecule has 0 radical (unpaired) electrons. The number of ether oxygens (including phenoxy) is 1. The first kappa shape index (κ1) is 13.4. The van der Waals surface area contributed by atoms with Crippen molar-refractivity contribution in [2.24, 2.45) is 11.3 Å². The SMILES string of the molecule is CCCNC1C(OCCC2CC2)CCC1(C)C. The topological polar surface area (TPSA) is 21.3 Å². The van der Waals surface area contributed by atoms with Gasteiger partial charge in [0.1, 0.15) is 0 Å². The number of hydrogen-bond donors (Lipinski definition) is 1. The van der Waals surface area contributed by atoms with Gasteiger partial charge in [0.2, 0.25) is 0 Å². The quantitative estimate of drug-likeness (QED) is 0.735. The van der Waals surface area contributed by atoms with Gasteiger partial charge in [-0.15, -0.1) is 0 Å². The minimum atomic E-state index is 0.402. The van der Waals surface area contributed by atoms with Gasteiger partial charge < -0.3 is 10.1 Å². The van der Waals surface area contributed by atoms with Crippen LogP contribution in [0, 0.1) is 11.3 Å². The molecular weight excluding hydrogens is 210 g/mol. The van der Waals surface area contributed by atoms with Gasteiger partial charge in [-0.1, -0.05) is 33.6 Å². The number of hydrogen-bond acceptors (Lipinski definition) is 2. The lowest BCUT2D eigenvalue weighted by molar-refractivity contribution is 0.0237. The molecule has 0 bridgehead atoms. The number of nitrogens with one attached hydrogen (secondary N) is 1. The van der Waals surface area contributed by atoms with E-state index in [1.54, 1.807) is 0 Å². The first-order valence-corrected chi connectivity index (χ1v) is 7.48. The van der Waals surface area contributed by atoms with Crippen LogP contribution in [0.25, 0.3) is 0 Å². The van der Waals surface area contributed by atoms with Gasteiger partial charge in [0.05, 0.1) is 6.10 Å². The van der Waals surface area contributed by atoms with Crippen LogP contribution in [-0.2, 0) is 4.74 Å². The Bertz CT molecular complexity index is 235. The van der Waals surface area contributed by atoms with Gasteiger partial charge in [0, 0.05) is 12.6 Å². The highest BCUT2D eigenvalue weighted by Crippen LogP contribution is 2.39. The molecule has 0 spiro atoms. The van der Waals surface area contributed by atoms with Gasteiger partial charge in [0.15, 0.2) is 0 Å². The van der Waals surface area contributed by atoms with Crippen LogP contribution < -0.4 is 5.32 Å². The third-order valence-corrected chi connectivity index (χ3v) is 4.46. The van der Waals surface area contributed by atoms with Crippen LogP contribution in [0.3, 0.4) is 0 Å². The van der Waals surface area contributed by atoms with Crippen LogP contribution in [0.5, 0.6) is 0 Å². The van der Waals surface area contributed by atoms with Crippen molar-refractivity contribution < 1.29 is 4.74 Å². The molecule has 100 valence electrons. The highest BCUT2D eigenvalue weighted by atomic mass is 16.5. The second-order valence-corrected chi connectivity index (χ2v) is 6.60. The molecule has 2 unspecified atom stereocenters. The third-order valence-electron chi connectivity index (χ3n) is 4.46. The summed E-state index contributed by atoms with van der Waals surface area (Å²) in [6.45, 7) is 9.10. The molecule has 0 saturated heterocycles. The summed E-state index contributed by atoms with van der Waals surface area (Å²) in [5.41, 5.74) is 0.402. The maximum Gasteiger partial charge on any atom is 0.0733 e. The maximum atomic E-state index is 6.14. The predicted octanol–water partition coefficient (Wildman–Crippen LogP) is 3.36. The molecule has 17 heavy (non-hydrogen) atoms. The van der Waals surface area contributed by atoms with E-state index in [-0.39, 0.29) is 0 Å². The maximum absolute atomic E-state index is 6.14. The van der Waals surface area contributed by atoms with E-state index in [1.165, 1.54) is 38.5 Å². The zero-order valence-electron chi connectivity index (χ0n) is 11.8. The highest BCUT2D eigenvalue weighted by molar-refractivity contribution is 4.97. The molecule has 2 atom stereocenters. The van der Waals surface area contributed by atoms with Crippen molar-refractivity contribution >= 4 is 0 Å². The molecule has 2 aliphatic carbocycles. The summed E-state index contributed by atoms with van der Waals surface area (Å²) in [7, 11) is 0. The van der Waals surface area contributed by atoms with Gasteiger partial charge in [-0.05, 0) is 43.6 Å². The first-order chi connectivity index (χ1) is 8.13. The lowest BCUT2D eigenvalue weighted by atomic mass is 9.87. The van der Waals surface area contributed by atoms with Gasteiger partial charge in [-0.3, -0.25) is 0 Å². The minimum absolute atomic E-state index is 0.402. The molecule has 2 rings (SSSR count). The summed E-state index contributed by atoms with van der Waals surface area (Å²) in [6.07, 6.45) is 8.37. The molecule has 0 heterocycles. The molecule has 2 aliphatic rings. The Morgan fingerprint density at radius 2 is 2.00 bits per heavy atom. The van der Waals surface area contributed by atoms with Crippen LogP contribution in [0.1, 0.15) is 59.3 Å². The Kier molecular flexibility index (Phi) is 4.48. The number of rotatable bonds is 7. The third kappa shape index (κ3) is 3.69. The normalized spacial score (nSPS) is 31.9. The van der Waals surface area contributed by atoms with Crippen LogP contribution in [0.15, 0.2) is 0 Å². The van der Waals surface area contributed by atoms with E-state index in [2.05, 4.69) is 26.1 Å². The second kappa shape index (κ2) is 5.71. The monoisotopic (exact) mass is 239 g/mol. The zero-order chi connectivity index (χ0) is 12.3. The largest absolute Gasteiger partial charge is 0.377 e. The predicted molar refractivity (Wildman–Crippen MR) is 72.2 cm³/mol. The molecule has 1 N–H and O–H groups in total. The average Bonchev–Trinajstić information content (AvgIpc) is 3.04. The van der Waals surface area contributed by atoms with E-state index in [4.69, 9.17) is 4.74 Å². The average molecular weight is 239 g/mol. The Hall–Kier alpha value is -0.0800. The van der Waals surface area contributed by atoms with Crippen molar-refractivity contribution in [1.82, 2.24) is 5.32 Å².